The minimum Gasteiger partial charge on any atom is -0.394 e. The van der Waals surface area contributed by atoms with Gasteiger partial charge in [-0.2, -0.15) is 0 Å². The molecule has 68 valence electrons. The topological polar surface area (TPSA) is 52.5 Å². The molecule has 0 fully saturated rings. The Balaban J connectivity index is 3.37. The fourth-order valence-corrected chi connectivity index (χ4v) is 0.622. The van der Waals surface area contributed by atoms with Gasteiger partial charge in [-0.25, -0.2) is 0 Å². The van der Waals surface area contributed by atoms with E-state index in [0.717, 1.165) is 0 Å². The molecule has 0 amide bonds. The summed E-state index contributed by atoms with van der Waals surface area (Å²) in [6.45, 7) is 6.59. The molecule has 0 radical (unpaired) electrons. The maximum atomic E-state index is 8.98. The molecule has 0 aliphatic carbocycles. The molecule has 0 aliphatic rings. The molecule has 0 heterocycles. The first kappa shape index (κ1) is 10.9. The second-order valence-corrected chi connectivity index (χ2v) is 3.28. The first-order chi connectivity index (χ1) is 5.07. The van der Waals surface area contributed by atoms with Crippen molar-refractivity contribution in [3.8, 4) is 0 Å². The smallest absolute Gasteiger partial charge is 0.0895 e. The van der Waals surface area contributed by atoms with E-state index in [2.05, 4.69) is 26.1 Å². The van der Waals surface area contributed by atoms with Gasteiger partial charge in [-0.3, -0.25) is 0 Å². The van der Waals surface area contributed by atoms with Crippen LogP contribution in [0.25, 0.3) is 0 Å². The minimum atomic E-state index is -0.629. The molecule has 0 bridgehead atoms. The van der Waals surface area contributed by atoms with E-state index in [-0.39, 0.29) is 6.61 Å². The van der Waals surface area contributed by atoms with E-state index in [1.807, 2.05) is 0 Å². The molecule has 2 atom stereocenters. The fraction of sp³-hybridized carbons (Fsp3) is 1.00. The van der Waals surface area contributed by atoms with Crippen molar-refractivity contribution < 1.29 is 10.2 Å². The Morgan fingerprint density at radius 2 is 1.82 bits per heavy atom. The SMILES string of the molecule is CC(C)C(C)NC[C@H](O)CO. The molecule has 0 aliphatic heterocycles. The zero-order valence-corrected chi connectivity index (χ0v) is 7.54. The predicted octanol–water partition coefficient (Wildman–Crippen LogP) is -0.0263. The lowest BCUT2D eigenvalue weighted by Crippen LogP contribution is -2.37. The van der Waals surface area contributed by atoms with Gasteiger partial charge in [0.15, 0.2) is 0 Å². The highest BCUT2D eigenvalue weighted by atomic mass is 16.3. The van der Waals surface area contributed by atoms with Gasteiger partial charge in [0, 0.05) is 12.6 Å². The standard InChI is InChI=1S/C8H19NO2/c1-6(2)7(3)9-4-8(11)5-10/h6-11H,4-5H2,1-3H3/t7?,8-/m0/s1. The average molecular weight is 161 g/mol. The Labute approximate surface area is 68.4 Å². The van der Waals surface area contributed by atoms with Crippen LogP contribution < -0.4 is 5.32 Å². The lowest BCUT2D eigenvalue weighted by atomic mass is 10.1. The van der Waals surface area contributed by atoms with Gasteiger partial charge in [0.25, 0.3) is 0 Å². The second kappa shape index (κ2) is 5.52. The van der Waals surface area contributed by atoms with E-state index in [1.54, 1.807) is 0 Å². The summed E-state index contributed by atoms with van der Waals surface area (Å²) in [6.07, 6.45) is -0.629. The molecule has 3 heteroatoms. The van der Waals surface area contributed by atoms with Crippen molar-refractivity contribution in [2.45, 2.75) is 32.9 Å². The van der Waals surface area contributed by atoms with E-state index in [1.165, 1.54) is 0 Å². The van der Waals surface area contributed by atoms with Crippen molar-refractivity contribution >= 4 is 0 Å². The van der Waals surface area contributed by atoms with E-state index in [9.17, 15) is 0 Å². The van der Waals surface area contributed by atoms with E-state index in [0.29, 0.717) is 18.5 Å². The molecule has 3 nitrogen and oxygen atoms in total. The van der Waals surface area contributed by atoms with Crippen LogP contribution >= 0.6 is 0 Å². The number of aliphatic hydroxyl groups excluding tert-OH is 2. The van der Waals surface area contributed by atoms with Gasteiger partial charge in [-0.05, 0) is 12.8 Å². The summed E-state index contributed by atoms with van der Waals surface area (Å²) < 4.78 is 0. The number of hydrogen-bond acceptors (Lipinski definition) is 3. The molecule has 0 spiro atoms. The molecule has 11 heavy (non-hydrogen) atoms. The second-order valence-electron chi connectivity index (χ2n) is 3.28. The van der Waals surface area contributed by atoms with Gasteiger partial charge in [0.1, 0.15) is 0 Å². The van der Waals surface area contributed by atoms with Crippen LogP contribution in [0.4, 0.5) is 0 Å². The van der Waals surface area contributed by atoms with Crippen molar-refractivity contribution in [2.24, 2.45) is 5.92 Å². The summed E-state index contributed by atoms with van der Waals surface area (Å²) in [5.41, 5.74) is 0. The maximum absolute atomic E-state index is 8.98. The third kappa shape index (κ3) is 5.18. The van der Waals surface area contributed by atoms with Gasteiger partial charge in [-0.1, -0.05) is 13.8 Å². The Kier molecular flexibility index (Phi) is 5.46. The lowest BCUT2D eigenvalue weighted by Gasteiger charge is -2.18. The third-order valence-electron chi connectivity index (χ3n) is 1.89. The molecular formula is C8H19NO2. The predicted molar refractivity (Wildman–Crippen MR) is 45.4 cm³/mol. The summed E-state index contributed by atoms with van der Waals surface area (Å²) in [6, 6.07) is 0.385. The van der Waals surface area contributed by atoms with Crippen LogP contribution in [0.3, 0.4) is 0 Å². The first-order valence-corrected chi connectivity index (χ1v) is 4.10. The molecule has 0 aromatic rings. The monoisotopic (exact) mass is 161 g/mol. The number of nitrogens with one attached hydrogen (secondary N) is 1. The quantitative estimate of drug-likeness (QED) is 0.531. The van der Waals surface area contributed by atoms with Crippen LogP contribution in [0, 0.1) is 5.92 Å². The van der Waals surface area contributed by atoms with E-state index < -0.39 is 6.10 Å². The summed E-state index contributed by atoms with van der Waals surface area (Å²) in [5.74, 6) is 0.556. The summed E-state index contributed by atoms with van der Waals surface area (Å²) in [7, 11) is 0. The zero-order chi connectivity index (χ0) is 8.85. The van der Waals surface area contributed by atoms with Gasteiger partial charge in [0.05, 0.1) is 12.7 Å². The number of hydrogen-bond donors (Lipinski definition) is 3. The van der Waals surface area contributed by atoms with Crippen LogP contribution in [-0.4, -0.2) is 35.5 Å². The van der Waals surface area contributed by atoms with Crippen LogP contribution in [0.2, 0.25) is 0 Å². The van der Waals surface area contributed by atoms with Gasteiger partial charge in [0.2, 0.25) is 0 Å². The van der Waals surface area contributed by atoms with Crippen molar-refractivity contribution in [1.29, 1.82) is 0 Å². The molecule has 1 unspecified atom stereocenters. The zero-order valence-electron chi connectivity index (χ0n) is 7.54. The molecule has 0 saturated carbocycles. The van der Waals surface area contributed by atoms with Crippen molar-refractivity contribution in [3.05, 3.63) is 0 Å². The highest BCUT2D eigenvalue weighted by Crippen LogP contribution is 1.98. The van der Waals surface area contributed by atoms with Gasteiger partial charge < -0.3 is 15.5 Å². The average Bonchev–Trinajstić information content (AvgIpc) is 1.99. The normalized spacial score (nSPS) is 16.9. The third-order valence-corrected chi connectivity index (χ3v) is 1.89. The number of rotatable bonds is 5. The van der Waals surface area contributed by atoms with Crippen molar-refractivity contribution in [2.75, 3.05) is 13.2 Å². The van der Waals surface area contributed by atoms with Gasteiger partial charge >= 0.3 is 0 Å². The number of aliphatic hydroxyl groups is 2. The highest BCUT2D eigenvalue weighted by molar-refractivity contribution is 4.66. The largest absolute Gasteiger partial charge is 0.394 e. The summed E-state index contributed by atoms with van der Waals surface area (Å²) in [4.78, 5) is 0. The van der Waals surface area contributed by atoms with Gasteiger partial charge in [-0.15, -0.1) is 0 Å². The Bertz CT molecular complexity index is 96.1. The van der Waals surface area contributed by atoms with Crippen LogP contribution in [0.5, 0.6) is 0 Å². The molecule has 0 aromatic carbocycles. The molecule has 0 rings (SSSR count). The van der Waals surface area contributed by atoms with Crippen LogP contribution in [-0.2, 0) is 0 Å². The Morgan fingerprint density at radius 3 is 2.18 bits per heavy atom. The highest BCUT2D eigenvalue weighted by Gasteiger charge is 2.08. The summed E-state index contributed by atoms with van der Waals surface area (Å²) >= 11 is 0. The molecule has 0 saturated heterocycles. The molecular weight excluding hydrogens is 142 g/mol. The van der Waals surface area contributed by atoms with Crippen LogP contribution in [0.15, 0.2) is 0 Å². The van der Waals surface area contributed by atoms with Crippen molar-refractivity contribution in [1.82, 2.24) is 5.32 Å². The van der Waals surface area contributed by atoms with E-state index >= 15 is 0 Å². The molecule has 3 N–H and O–H groups in total. The van der Waals surface area contributed by atoms with E-state index in [4.69, 9.17) is 10.2 Å². The Hall–Kier alpha value is -0.120. The maximum Gasteiger partial charge on any atom is 0.0895 e. The molecule has 0 aromatic heterocycles. The Morgan fingerprint density at radius 1 is 1.27 bits per heavy atom. The van der Waals surface area contributed by atoms with Crippen LogP contribution in [0.1, 0.15) is 20.8 Å². The minimum absolute atomic E-state index is 0.169. The summed E-state index contributed by atoms with van der Waals surface area (Å²) in [5, 5.41) is 20.6. The fourth-order valence-electron chi connectivity index (χ4n) is 0.622. The first-order valence-electron chi connectivity index (χ1n) is 4.10. The van der Waals surface area contributed by atoms with Crippen molar-refractivity contribution in [3.63, 3.8) is 0 Å². The lowest BCUT2D eigenvalue weighted by molar-refractivity contribution is 0.0909.